The maximum atomic E-state index is 12.9. The van der Waals surface area contributed by atoms with Crippen LogP contribution in [0.4, 0.5) is 0 Å². The van der Waals surface area contributed by atoms with Crippen LogP contribution in [-0.2, 0) is 21.5 Å². The van der Waals surface area contributed by atoms with Crippen LogP contribution in [-0.4, -0.2) is 58.6 Å². The van der Waals surface area contributed by atoms with E-state index in [0.29, 0.717) is 32.4 Å². The number of carbonyl (C=O) groups excluding carboxylic acids is 2. The van der Waals surface area contributed by atoms with Gasteiger partial charge in [0.2, 0.25) is 11.8 Å². The number of aryl methyl sites for hydroxylation is 1. The van der Waals surface area contributed by atoms with Crippen molar-refractivity contribution in [3.8, 4) is 0 Å². The zero-order valence-corrected chi connectivity index (χ0v) is 15.5. The van der Waals surface area contributed by atoms with Crippen molar-refractivity contribution >= 4 is 11.8 Å². The third kappa shape index (κ3) is 3.64. The number of carbonyl (C=O) groups is 2. The van der Waals surface area contributed by atoms with Gasteiger partial charge in [0.25, 0.3) is 0 Å². The molecule has 2 amide bonds. The van der Waals surface area contributed by atoms with Gasteiger partial charge in [-0.3, -0.25) is 14.3 Å². The molecule has 3 rings (SSSR count). The Kier molecular flexibility index (Phi) is 5.40. The molecule has 1 fully saturated rings. The highest BCUT2D eigenvalue weighted by molar-refractivity contribution is 5.85. The van der Waals surface area contributed by atoms with Crippen molar-refractivity contribution in [1.29, 1.82) is 0 Å². The molecule has 26 heavy (non-hydrogen) atoms. The summed E-state index contributed by atoms with van der Waals surface area (Å²) in [4.78, 5) is 29.0. The Morgan fingerprint density at radius 3 is 2.38 bits per heavy atom. The van der Waals surface area contributed by atoms with Crippen LogP contribution in [0.25, 0.3) is 0 Å². The molecule has 0 radical (unpaired) electrons. The molecule has 6 nitrogen and oxygen atoms in total. The Labute approximate surface area is 154 Å². The zero-order chi connectivity index (χ0) is 18.6. The lowest BCUT2D eigenvalue weighted by atomic mass is 9.86. The van der Waals surface area contributed by atoms with Gasteiger partial charge in [-0.05, 0) is 30.9 Å². The minimum absolute atomic E-state index is 0.0394. The summed E-state index contributed by atoms with van der Waals surface area (Å²) in [7, 11) is 3.54. The van der Waals surface area contributed by atoms with Crippen molar-refractivity contribution < 1.29 is 9.59 Å². The lowest BCUT2D eigenvalue weighted by Gasteiger charge is -2.42. The SMILES string of the molecule is CN(C)C(=O)C1(n2cccn2)CCN(C(=O)CCc2ccccc2)CC1. The molecule has 1 saturated heterocycles. The fourth-order valence-corrected chi connectivity index (χ4v) is 3.66. The van der Waals surface area contributed by atoms with E-state index in [9.17, 15) is 9.59 Å². The van der Waals surface area contributed by atoms with Gasteiger partial charge in [-0.2, -0.15) is 5.10 Å². The molecule has 1 aromatic carbocycles. The molecular weight excluding hydrogens is 328 g/mol. The Balaban J connectivity index is 1.64. The molecule has 0 bridgehead atoms. The fourth-order valence-electron chi connectivity index (χ4n) is 3.66. The number of likely N-dealkylation sites (tertiary alicyclic amines) is 1. The quantitative estimate of drug-likeness (QED) is 0.824. The van der Waals surface area contributed by atoms with Crippen molar-refractivity contribution in [2.24, 2.45) is 0 Å². The Morgan fingerprint density at radius 2 is 1.81 bits per heavy atom. The second-order valence-electron chi connectivity index (χ2n) is 7.05. The second-order valence-corrected chi connectivity index (χ2v) is 7.05. The minimum atomic E-state index is -0.691. The van der Waals surface area contributed by atoms with Crippen molar-refractivity contribution in [2.75, 3.05) is 27.2 Å². The van der Waals surface area contributed by atoms with Crippen LogP contribution in [0.5, 0.6) is 0 Å². The van der Waals surface area contributed by atoms with Crippen LogP contribution < -0.4 is 0 Å². The molecule has 0 N–H and O–H groups in total. The summed E-state index contributed by atoms with van der Waals surface area (Å²) in [6, 6.07) is 11.9. The molecule has 0 unspecified atom stereocenters. The van der Waals surface area contributed by atoms with Crippen molar-refractivity contribution in [3.63, 3.8) is 0 Å². The van der Waals surface area contributed by atoms with Crippen molar-refractivity contribution in [2.45, 2.75) is 31.2 Å². The van der Waals surface area contributed by atoms with E-state index in [1.54, 1.807) is 29.9 Å². The fraction of sp³-hybridized carbons (Fsp3) is 0.450. The van der Waals surface area contributed by atoms with Crippen molar-refractivity contribution in [3.05, 3.63) is 54.4 Å². The van der Waals surface area contributed by atoms with E-state index in [-0.39, 0.29) is 11.8 Å². The topological polar surface area (TPSA) is 58.4 Å². The predicted octanol–water partition coefficient (Wildman–Crippen LogP) is 1.92. The summed E-state index contributed by atoms with van der Waals surface area (Å²) < 4.78 is 1.76. The van der Waals surface area contributed by atoms with Crippen molar-refractivity contribution in [1.82, 2.24) is 19.6 Å². The highest BCUT2D eigenvalue weighted by Crippen LogP contribution is 2.31. The molecule has 1 aliphatic rings. The van der Waals surface area contributed by atoms with Gasteiger partial charge in [-0.25, -0.2) is 0 Å². The summed E-state index contributed by atoms with van der Waals surface area (Å²) in [5.74, 6) is 0.192. The number of likely N-dealkylation sites (N-methyl/N-ethyl adjacent to an activating group) is 1. The molecule has 0 aliphatic carbocycles. The first-order chi connectivity index (χ1) is 12.5. The van der Waals surface area contributed by atoms with Crippen LogP contribution in [0.15, 0.2) is 48.8 Å². The van der Waals surface area contributed by atoms with Gasteiger partial charge in [-0.1, -0.05) is 30.3 Å². The Bertz CT molecular complexity index is 732. The number of benzene rings is 1. The van der Waals surface area contributed by atoms with E-state index in [0.717, 1.165) is 6.42 Å². The summed E-state index contributed by atoms with van der Waals surface area (Å²) >= 11 is 0. The third-order valence-corrected chi connectivity index (χ3v) is 5.16. The molecule has 1 aliphatic heterocycles. The van der Waals surface area contributed by atoms with Gasteiger partial charge in [0.05, 0.1) is 0 Å². The third-order valence-electron chi connectivity index (χ3n) is 5.16. The number of hydrogen-bond acceptors (Lipinski definition) is 3. The normalized spacial score (nSPS) is 16.3. The van der Waals surface area contributed by atoms with Gasteiger partial charge in [0.15, 0.2) is 0 Å². The van der Waals surface area contributed by atoms with E-state index in [2.05, 4.69) is 5.10 Å². The van der Waals surface area contributed by atoms with E-state index >= 15 is 0 Å². The number of nitrogens with zero attached hydrogens (tertiary/aromatic N) is 4. The van der Waals surface area contributed by atoms with Gasteiger partial charge in [0.1, 0.15) is 5.54 Å². The molecular formula is C20H26N4O2. The summed E-state index contributed by atoms with van der Waals surface area (Å²) in [5, 5.41) is 4.33. The highest BCUT2D eigenvalue weighted by Gasteiger charge is 2.45. The predicted molar refractivity (Wildman–Crippen MR) is 99.5 cm³/mol. The molecule has 1 aromatic heterocycles. The lowest BCUT2D eigenvalue weighted by Crippen LogP contribution is -2.55. The molecule has 2 aromatic rings. The number of rotatable bonds is 5. The largest absolute Gasteiger partial charge is 0.347 e. The smallest absolute Gasteiger partial charge is 0.250 e. The summed E-state index contributed by atoms with van der Waals surface area (Å²) in [6.07, 6.45) is 5.96. The standard InChI is InChI=1S/C20H26N4O2/c1-22(2)19(26)20(24-14-6-13-21-24)11-15-23(16-12-20)18(25)10-9-17-7-4-3-5-8-17/h3-8,13-14H,9-12,15-16H2,1-2H3. The van der Waals surface area contributed by atoms with E-state index < -0.39 is 5.54 Å². The zero-order valence-electron chi connectivity index (χ0n) is 15.5. The molecule has 0 saturated carbocycles. The van der Waals surface area contributed by atoms with Gasteiger partial charge >= 0.3 is 0 Å². The first kappa shape index (κ1) is 18.2. The van der Waals surface area contributed by atoms with Gasteiger partial charge < -0.3 is 9.80 Å². The molecule has 138 valence electrons. The van der Waals surface area contributed by atoms with Gasteiger partial charge in [-0.15, -0.1) is 0 Å². The molecule has 0 spiro atoms. The monoisotopic (exact) mass is 354 g/mol. The average Bonchev–Trinajstić information content (AvgIpc) is 3.21. The minimum Gasteiger partial charge on any atom is -0.347 e. The number of aromatic nitrogens is 2. The summed E-state index contributed by atoms with van der Waals surface area (Å²) in [6.45, 7) is 1.15. The number of hydrogen-bond donors (Lipinski definition) is 0. The first-order valence-corrected chi connectivity index (χ1v) is 9.06. The maximum Gasteiger partial charge on any atom is 0.250 e. The number of piperidine rings is 1. The Morgan fingerprint density at radius 1 is 1.12 bits per heavy atom. The van der Waals surface area contributed by atoms with E-state index in [4.69, 9.17) is 0 Å². The first-order valence-electron chi connectivity index (χ1n) is 9.06. The van der Waals surface area contributed by atoms with E-state index in [1.807, 2.05) is 47.5 Å². The molecule has 2 heterocycles. The Hall–Kier alpha value is -2.63. The highest BCUT2D eigenvalue weighted by atomic mass is 16.2. The maximum absolute atomic E-state index is 12.9. The van der Waals surface area contributed by atoms with Crippen LogP contribution in [0.3, 0.4) is 0 Å². The van der Waals surface area contributed by atoms with E-state index in [1.165, 1.54) is 5.56 Å². The van der Waals surface area contributed by atoms with Crippen LogP contribution in [0, 0.1) is 0 Å². The lowest BCUT2D eigenvalue weighted by molar-refractivity contribution is -0.145. The van der Waals surface area contributed by atoms with Gasteiger partial charge in [0, 0.05) is 46.0 Å². The van der Waals surface area contributed by atoms with Crippen LogP contribution in [0.2, 0.25) is 0 Å². The number of amides is 2. The second kappa shape index (κ2) is 7.72. The molecule has 0 atom stereocenters. The van der Waals surface area contributed by atoms with Crippen LogP contribution >= 0.6 is 0 Å². The summed E-state index contributed by atoms with van der Waals surface area (Å²) in [5.41, 5.74) is 0.481. The van der Waals surface area contributed by atoms with Crippen LogP contribution in [0.1, 0.15) is 24.8 Å². The average molecular weight is 354 g/mol. The molecule has 6 heteroatoms.